The third-order valence-electron chi connectivity index (χ3n) is 5.03. The second-order valence-electron chi connectivity index (χ2n) is 6.56. The van der Waals surface area contributed by atoms with E-state index < -0.39 is 6.10 Å². The summed E-state index contributed by atoms with van der Waals surface area (Å²) in [4.78, 5) is 4.41. The zero-order chi connectivity index (χ0) is 15.8. The fourth-order valence-electron chi connectivity index (χ4n) is 3.69. The summed E-state index contributed by atoms with van der Waals surface area (Å²) in [6.07, 6.45) is 13.1. The fraction of sp³-hybridized carbons (Fsp3) is 0.444. The van der Waals surface area contributed by atoms with Crippen molar-refractivity contribution in [2.75, 3.05) is 0 Å². The molecule has 1 aliphatic carbocycles. The third-order valence-corrected chi connectivity index (χ3v) is 5.03. The molecule has 0 saturated heterocycles. The Morgan fingerprint density at radius 1 is 1.22 bits per heavy atom. The van der Waals surface area contributed by atoms with Gasteiger partial charge in [0.1, 0.15) is 5.65 Å². The number of nitrogens with zero attached hydrogens (tertiary/aromatic N) is 4. The van der Waals surface area contributed by atoms with Gasteiger partial charge in [-0.15, -0.1) is 0 Å². The predicted molar refractivity (Wildman–Crippen MR) is 89.4 cm³/mol. The van der Waals surface area contributed by atoms with Crippen molar-refractivity contribution in [2.24, 2.45) is 13.0 Å². The maximum atomic E-state index is 10.7. The Hall–Kier alpha value is -2.14. The largest absolute Gasteiger partial charge is 0.388 e. The Labute approximate surface area is 135 Å². The van der Waals surface area contributed by atoms with Crippen LogP contribution >= 0.6 is 0 Å². The van der Waals surface area contributed by atoms with Crippen LogP contribution in [0.2, 0.25) is 0 Å². The zero-order valence-electron chi connectivity index (χ0n) is 13.4. The van der Waals surface area contributed by atoms with Crippen LogP contribution in [0.4, 0.5) is 0 Å². The summed E-state index contributed by atoms with van der Waals surface area (Å²) in [7, 11) is 1.99. The Morgan fingerprint density at radius 3 is 2.87 bits per heavy atom. The molecule has 4 rings (SSSR count). The number of hydrogen-bond donors (Lipinski definition) is 1. The molecule has 0 bridgehead atoms. The lowest BCUT2D eigenvalue weighted by Gasteiger charge is -2.25. The third kappa shape index (κ3) is 2.55. The lowest BCUT2D eigenvalue weighted by Crippen LogP contribution is -2.15. The molecule has 1 unspecified atom stereocenters. The number of aliphatic hydroxyl groups excluding tert-OH is 1. The van der Waals surface area contributed by atoms with E-state index in [1.807, 2.05) is 34.8 Å². The van der Waals surface area contributed by atoms with Gasteiger partial charge in [0.05, 0.1) is 18.0 Å². The van der Waals surface area contributed by atoms with Gasteiger partial charge >= 0.3 is 0 Å². The molecular weight excluding hydrogens is 288 g/mol. The van der Waals surface area contributed by atoms with E-state index in [1.165, 1.54) is 19.3 Å². The van der Waals surface area contributed by atoms with Crippen molar-refractivity contribution >= 4 is 11.0 Å². The van der Waals surface area contributed by atoms with Gasteiger partial charge in [0.2, 0.25) is 0 Å². The van der Waals surface area contributed by atoms with E-state index in [0.717, 1.165) is 35.1 Å². The van der Waals surface area contributed by atoms with Crippen molar-refractivity contribution in [2.45, 2.75) is 38.2 Å². The molecule has 120 valence electrons. The highest BCUT2D eigenvalue weighted by Crippen LogP contribution is 2.34. The Bertz CT molecular complexity index is 813. The van der Waals surface area contributed by atoms with Crippen molar-refractivity contribution < 1.29 is 5.11 Å². The highest BCUT2D eigenvalue weighted by Gasteiger charge is 2.24. The van der Waals surface area contributed by atoms with E-state index in [1.54, 1.807) is 12.4 Å². The quantitative estimate of drug-likeness (QED) is 0.807. The second kappa shape index (κ2) is 5.81. The molecule has 1 saturated carbocycles. The topological polar surface area (TPSA) is 55.9 Å². The van der Waals surface area contributed by atoms with Gasteiger partial charge in [0.25, 0.3) is 0 Å². The summed E-state index contributed by atoms with van der Waals surface area (Å²) >= 11 is 0. The SMILES string of the molecule is Cn1ccc2c(-n3cc(C(O)C4CCCCC4)cn3)ccnc21. The normalized spacial score (nSPS) is 17.7. The van der Waals surface area contributed by atoms with Crippen LogP contribution in [-0.4, -0.2) is 24.4 Å². The predicted octanol–water partition coefficient (Wildman–Crippen LogP) is 3.37. The number of aliphatic hydroxyl groups is 1. The van der Waals surface area contributed by atoms with Crippen LogP contribution in [0.1, 0.15) is 43.8 Å². The zero-order valence-corrected chi connectivity index (χ0v) is 13.4. The Balaban J connectivity index is 1.66. The summed E-state index contributed by atoms with van der Waals surface area (Å²) in [5.41, 5.74) is 2.85. The van der Waals surface area contributed by atoms with Crippen LogP contribution in [0.5, 0.6) is 0 Å². The molecule has 0 aromatic carbocycles. The van der Waals surface area contributed by atoms with Gasteiger partial charge in [0.15, 0.2) is 0 Å². The van der Waals surface area contributed by atoms with E-state index in [9.17, 15) is 5.11 Å². The standard InChI is InChI=1S/C18H22N4O/c1-21-10-8-15-16(7-9-19-18(15)21)22-12-14(11-20-22)17(23)13-5-3-2-4-6-13/h7-13,17,23H,2-6H2,1H3. The van der Waals surface area contributed by atoms with E-state index in [-0.39, 0.29) is 0 Å². The van der Waals surface area contributed by atoms with Crippen molar-refractivity contribution in [3.05, 3.63) is 42.5 Å². The van der Waals surface area contributed by atoms with Crippen molar-refractivity contribution in [1.29, 1.82) is 0 Å². The molecule has 0 amide bonds. The van der Waals surface area contributed by atoms with Crippen LogP contribution in [0.25, 0.3) is 16.7 Å². The summed E-state index contributed by atoms with van der Waals surface area (Å²) in [5, 5.41) is 16.2. The smallest absolute Gasteiger partial charge is 0.141 e. The summed E-state index contributed by atoms with van der Waals surface area (Å²) in [5.74, 6) is 0.371. The number of pyridine rings is 1. The van der Waals surface area contributed by atoms with Gasteiger partial charge in [0, 0.05) is 36.6 Å². The van der Waals surface area contributed by atoms with E-state index in [2.05, 4.69) is 16.1 Å². The molecule has 23 heavy (non-hydrogen) atoms. The first-order chi connectivity index (χ1) is 11.2. The summed E-state index contributed by atoms with van der Waals surface area (Å²) in [6.45, 7) is 0. The lowest BCUT2D eigenvalue weighted by molar-refractivity contribution is 0.0848. The van der Waals surface area contributed by atoms with E-state index in [4.69, 9.17) is 0 Å². The number of aryl methyl sites for hydroxylation is 1. The molecular formula is C18H22N4O. The van der Waals surface area contributed by atoms with Gasteiger partial charge in [-0.25, -0.2) is 9.67 Å². The molecule has 3 aromatic heterocycles. The minimum Gasteiger partial charge on any atom is -0.388 e. The fourth-order valence-corrected chi connectivity index (χ4v) is 3.69. The minimum absolute atomic E-state index is 0.371. The van der Waals surface area contributed by atoms with Crippen LogP contribution in [0, 0.1) is 5.92 Å². The molecule has 5 nitrogen and oxygen atoms in total. The van der Waals surface area contributed by atoms with Crippen molar-refractivity contribution in [3.8, 4) is 5.69 Å². The van der Waals surface area contributed by atoms with Crippen LogP contribution in [-0.2, 0) is 7.05 Å². The lowest BCUT2D eigenvalue weighted by atomic mass is 9.83. The van der Waals surface area contributed by atoms with Gasteiger partial charge in [-0.3, -0.25) is 0 Å². The molecule has 1 atom stereocenters. The van der Waals surface area contributed by atoms with Crippen LogP contribution in [0.3, 0.4) is 0 Å². The van der Waals surface area contributed by atoms with Gasteiger partial charge in [-0.05, 0) is 30.9 Å². The number of aromatic nitrogens is 4. The average Bonchev–Trinajstić information content (AvgIpc) is 3.22. The molecule has 1 fully saturated rings. The molecule has 1 aliphatic rings. The van der Waals surface area contributed by atoms with E-state index in [0.29, 0.717) is 5.92 Å². The highest BCUT2D eigenvalue weighted by molar-refractivity contribution is 5.85. The van der Waals surface area contributed by atoms with Gasteiger partial charge in [-0.2, -0.15) is 5.10 Å². The van der Waals surface area contributed by atoms with Crippen molar-refractivity contribution in [3.63, 3.8) is 0 Å². The summed E-state index contributed by atoms with van der Waals surface area (Å²) < 4.78 is 3.85. The minimum atomic E-state index is -0.405. The molecule has 3 heterocycles. The first-order valence-electron chi connectivity index (χ1n) is 8.37. The Kier molecular flexibility index (Phi) is 3.65. The molecule has 3 aromatic rings. The number of rotatable bonds is 3. The van der Waals surface area contributed by atoms with Crippen LogP contribution in [0.15, 0.2) is 36.9 Å². The molecule has 0 spiro atoms. The average molecular weight is 310 g/mol. The summed E-state index contributed by atoms with van der Waals surface area (Å²) in [6, 6.07) is 4.02. The maximum absolute atomic E-state index is 10.7. The maximum Gasteiger partial charge on any atom is 0.141 e. The molecule has 0 aliphatic heterocycles. The first-order valence-corrected chi connectivity index (χ1v) is 8.37. The molecule has 5 heteroatoms. The molecule has 1 N–H and O–H groups in total. The van der Waals surface area contributed by atoms with Crippen molar-refractivity contribution in [1.82, 2.24) is 19.3 Å². The molecule has 0 radical (unpaired) electrons. The highest BCUT2D eigenvalue weighted by atomic mass is 16.3. The second-order valence-corrected chi connectivity index (χ2v) is 6.56. The first kappa shape index (κ1) is 14.5. The Morgan fingerprint density at radius 2 is 2.04 bits per heavy atom. The van der Waals surface area contributed by atoms with Gasteiger partial charge < -0.3 is 9.67 Å². The van der Waals surface area contributed by atoms with E-state index >= 15 is 0 Å². The van der Waals surface area contributed by atoms with Gasteiger partial charge in [-0.1, -0.05) is 19.3 Å². The van der Waals surface area contributed by atoms with Crippen LogP contribution < -0.4 is 0 Å². The number of hydrogen-bond acceptors (Lipinski definition) is 3. The number of fused-ring (bicyclic) bond motifs is 1. The monoisotopic (exact) mass is 310 g/mol.